The second-order valence-electron chi connectivity index (χ2n) is 3.06. The van der Waals surface area contributed by atoms with E-state index in [9.17, 15) is 0 Å². The largest absolute Gasteiger partial charge is 0.360 e. The maximum absolute atomic E-state index is 5.87. The number of rotatable bonds is 1. The minimum absolute atomic E-state index is 0.283. The van der Waals surface area contributed by atoms with Crippen molar-refractivity contribution < 1.29 is 0 Å². The number of fused-ring (bicyclic) bond motifs is 1. The van der Waals surface area contributed by atoms with Crippen molar-refractivity contribution in [3.63, 3.8) is 0 Å². The summed E-state index contributed by atoms with van der Waals surface area (Å²) in [6, 6.07) is 5.85. The maximum Gasteiger partial charge on any atom is 0.223 e. The molecule has 0 atom stereocenters. The zero-order chi connectivity index (χ0) is 10.3. The lowest BCUT2D eigenvalue weighted by molar-refractivity contribution is 1.22. The highest BCUT2D eigenvalue weighted by atomic mass is 35.5. The topological polar surface area (TPSA) is 41.6 Å². The molecule has 0 aromatic carbocycles. The molecular formula is C10H6ClN3S. The van der Waals surface area contributed by atoms with Crippen molar-refractivity contribution in [2.75, 3.05) is 0 Å². The summed E-state index contributed by atoms with van der Waals surface area (Å²) in [6.07, 6.45) is 1.87. The molecule has 0 saturated carbocycles. The fraction of sp³-hybridized carbons (Fsp3) is 0. The molecule has 0 radical (unpaired) electrons. The Bertz CT molecular complexity index is 600. The molecule has 0 aliphatic carbocycles. The molecule has 5 heteroatoms. The Morgan fingerprint density at radius 3 is 3.00 bits per heavy atom. The highest BCUT2D eigenvalue weighted by Crippen LogP contribution is 2.29. The monoisotopic (exact) mass is 235 g/mol. The molecule has 3 heterocycles. The second kappa shape index (κ2) is 3.32. The van der Waals surface area contributed by atoms with E-state index >= 15 is 0 Å². The molecule has 0 saturated heterocycles. The number of nitrogens with zero attached hydrogens (tertiary/aromatic N) is 2. The molecule has 3 aromatic heterocycles. The number of H-pyrrole nitrogens is 1. The van der Waals surface area contributed by atoms with Crippen molar-refractivity contribution in [2.45, 2.75) is 0 Å². The lowest BCUT2D eigenvalue weighted by Crippen LogP contribution is -1.88. The zero-order valence-corrected chi connectivity index (χ0v) is 9.14. The van der Waals surface area contributed by atoms with E-state index in [1.807, 2.05) is 29.8 Å². The van der Waals surface area contributed by atoms with Crippen LogP contribution in [0.3, 0.4) is 0 Å². The van der Waals surface area contributed by atoms with Crippen LogP contribution < -0.4 is 0 Å². The zero-order valence-electron chi connectivity index (χ0n) is 7.57. The molecule has 0 unspecified atom stereocenters. The van der Waals surface area contributed by atoms with Crippen molar-refractivity contribution in [3.05, 3.63) is 35.1 Å². The van der Waals surface area contributed by atoms with Crippen LogP contribution in [0.25, 0.3) is 21.6 Å². The van der Waals surface area contributed by atoms with Gasteiger partial charge in [0.25, 0.3) is 0 Å². The molecule has 3 rings (SSSR count). The van der Waals surface area contributed by atoms with Crippen molar-refractivity contribution >= 4 is 33.2 Å². The van der Waals surface area contributed by atoms with Crippen LogP contribution in [0.2, 0.25) is 5.28 Å². The van der Waals surface area contributed by atoms with Gasteiger partial charge in [0, 0.05) is 6.20 Å². The van der Waals surface area contributed by atoms with Crippen LogP contribution in [0.4, 0.5) is 0 Å². The van der Waals surface area contributed by atoms with E-state index in [0.29, 0.717) is 0 Å². The molecule has 3 nitrogen and oxygen atoms in total. The number of halogens is 1. The molecule has 0 spiro atoms. The van der Waals surface area contributed by atoms with Crippen LogP contribution in [-0.4, -0.2) is 15.0 Å². The number of aromatic amines is 1. The third kappa shape index (κ3) is 1.42. The third-order valence-electron chi connectivity index (χ3n) is 2.13. The number of thiophene rings is 1. The van der Waals surface area contributed by atoms with E-state index < -0.39 is 0 Å². The minimum Gasteiger partial charge on any atom is -0.360 e. The molecule has 0 aliphatic rings. The predicted octanol–water partition coefficient (Wildman–Crippen LogP) is 3.34. The quantitative estimate of drug-likeness (QED) is 0.658. The van der Waals surface area contributed by atoms with E-state index in [-0.39, 0.29) is 5.28 Å². The van der Waals surface area contributed by atoms with Crippen LogP contribution in [-0.2, 0) is 0 Å². The van der Waals surface area contributed by atoms with Crippen LogP contribution in [0.15, 0.2) is 29.8 Å². The predicted molar refractivity (Wildman–Crippen MR) is 62.2 cm³/mol. The first kappa shape index (κ1) is 8.88. The Labute approximate surface area is 94.8 Å². The molecule has 0 fully saturated rings. The Hall–Kier alpha value is -1.39. The molecule has 3 aromatic rings. The minimum atomic E-state index is 0.283. The average Bonchev–Trinajstić information content (AvgIpc) is 2.86. The van der Waals surface area contributed by atoms with Crippen molar-refractivity contribution in [3.8, 4) is 11.4 Å². The van der Waals surface area contributed by atoms with Crippen LogP contribution in [0.5, 0.6) is 0 Å². The number of aromatic nitrogens is 3. The fourth-order valence-electron chi connectivity index (χ4n) is 1.50. The number of hydrogen-bond donors (Lipinski definition) is 1. The number of nitrogens with one attached hydrogen (secondary N) is 1. The smallest absolute Gasteiger partial charge is 0.223 e. The Kier molecular flexibility index (Phi) is 1.97. The van der Waals surface area contributed by atoms with Gasteiger partial charge in [-0.05, 0) is 35.2 Å². The summed E-state index contributed by atoms with van der Waals surface area (Å²) in [5.41, 5.74) is 2.72. The van der Waals surface area contributed by atoms with Gasteiger partial charge in [0.15, 0.2) is 0 Å². The summed E-state index contributed by atoms with van der Waals surface area (Å²) >= 11 is 7.48. The standard InChI is InChI=1S/C10H6ClN3S/c11-10-13-7-3-5-15-9(7)8(14-10)6-2-1-4-12-6/h1-5,12H. The van der Waals surface area contributed by atoms with Crippen molar-refractivity contribution in [2.24, 2.45) is 0 Å². The van der Waals surface area contributed by atoms with Gasteiger partial charge in [-0.15, -0.1) is 11.3 Å². The van der Waals surface area contributed by atoms with Gasteiger partial charge in [0.05, 0.1) is 15.9 Å². The van der Waals surface area contributed by atoms with Crippen molar-refractivity contribution in [1.82, 2.24) is 15.0 Å². The molecule has 0 bridgehead atoms. The van der Waals surface area contributed by atoms with E-state index in [2.05, 4.69) is 15.0 Å². The average molecular weight is 236 g/mol. The van der Waals surface area contributed by atoms with Gasteiger partial charge in [-0.1, -0.05) is 0 Å². The van der Waals surface area contributed by atoms with E-state index in [1.165, 1.54) is 0 Å². The van der Waals surface area contributed by atoms with E-state index in [0.717, 1.165) is 21.6 Å². The molecule has 0 aliphatic heterocycles. The molecule has 74 valence electrons. The molecule has 15 heavy (non-hydrogen) atoms. The number of hydrogen-bond acceptors (Lipinski definition) is 3. The van der Waals surface area contributed by atoms with E-state index in [1.54, 1.807) is 11.3 Å². The normalized spacial score (nSPS) is 11.0. The first-order valence-electron chi connectivity index (χ1n) is 4.39. The van der Waals surface area contributed by atoms with Crippen LogP contribution in [0, 0.1) is 0 Å². The van der Waals surface area contributed by atoms with Gasteiger partial charge in [-0.25, -0.2) is 9.97 Å². The van der Waals surface area contributed by atoms with Crippen LogP contribution >= 0.6 is 22.9 Å². The van der Waals surface area contributed by atoms with Gasteiger partial charge in [0.2, 0.25) is 5.28 Å². The van der Waals surface area contributed by atoms with Gasteiger partial charge < -0.3 is 4.98 Å². The Morgan fingerprint density at radius 1 is 1.27 bits per heavy atom. The summed E-state index contributed by atoms with van der Waals surface area (Å²) in [6.45, 7) is 0. The Balaban J connectivity index is 2.38. The summed E-state index contributed by atoms with van der Waals surface area (Å²) in [5.74, 6) is 0. The summed E-state index contributed by atoms with van der Waals surface area (Å²) < 4.78 is 1.06. The molecule has 1 N–H and O–H groups in total. The summed E-state index contributed by atoms with van der Waals surface area (Å²) in [5, 5.41) is 2.27. The third-order valence-corrected chi connectivity index (χ3v) is 3.21. The van der Waals surface area contributed by atoms with E-state index in [4.69, 9.17) is 11.6 Å². The summed E-state index contributed by atoms with van der Waals surface area (Å²) in [7, 11) is 0. The van der Waals surface area contributed by atoms with Crippen LogP contribution in [0.1, 0.15) is 0 Å². The van der Waals surface area contributed by atoms with Gasteiger partial charge in [-0.2, -0.15) is 0 Å². The SMILES string of the molecule is Clc1nc(-c2ccc[nH]2)c2sccc2n1. The van der Waals surface area contributed by atoms with Crippen molar-refractivity contribution in [1.29, 1.82) is 0 Å². The molecular weight excluding hydrogens is 230 g/mol. The van der Waals surface area contributed by atoms with Gasteiger partial charge in [0.1, 0.15) is 5.69 Å². The fourth-order valence-corrected chi connectivity index (χ4v) is 2.51. The molecule has 0 amide bonds. The Morgan fingerprint density at radius 2 is 2.20 bits per heavy atom. The van der Waals surface area contributed by atoms with Gasteiger partial charge in [-0.3, -0.25) is 0 Å². The first-order chi connectivity index (χ1) is 7.34. The highest BCUT2D eigenvalue weighted by Gasteiger charge is 2.10. The lowest BCUT2D eigenvalue weighted by Gasteiger charge is -1.99. The lowest BCUT2D eigenvalue weighted by atomic mass is 10.3. The van der Waals surface area contributed by atoms with Gasteiger partial charge >= 0.3 is 0 Å². The highest BCUT2D eigenvalue weighted by molar-refractivity contribution is 7.17. The summed E-state index contributed by atoms with van der Waals surface area (Å²) in [4.78, 5) is 11.5. The maximum atomic E-state index is 5.87. The second-order valence-corrected chi connectivity index (χ2v) is 4.31. The first-order valence-corrected chi connectivity index (χ1v) is 5.65.